The van der Waals surface area contributed by atoms with Crippen molar-refractivity contribution < 1.29 is 50.1 Å². The summed E-state index contributed by atoms with van der Waals surface area (Å²) in [6, 6.07) is 0. The van der Waals surface area contributed by atoms with Gasteiger partial charge in [-0.05, 0) is 0 Å². The Labute approximate surface area is 140 Å². The fourth-order valence-electron chi connectivity index (χ4n) is 1.69. The number of hydrogen-bond donors (Lipinski definition) is 1. The number of cyclic esters (lactones) is 1. The van der Waals surface area contributed by atoms with E-state index in [2.05, 4.69) is 3.53 Å². The SMILES string of the molecule is CC1(OC(=O)COC(=O)C(I)C2N[I-]2)CCOC(=O)C1. The van der Waals surface area contributed by atoms with E-state index in [0.29, 0.717) is 6.42 Å². The van der Waals surface area contributed by atoms with E-state index in [4.69, 9.17) is 14.2 Å². The van der Waals surface area contributed by atoms with E-state index in [1.807, 2.05) is 22.6 Å². The van der Waals surface area contributed by atoms with Crippen molar-refractivity contribution in [1.82, 2.24) is 3.53 Å². The molecule has 0 saturated carbocycles. The van der Waals surface area contributed by atoms with Crippen LogP contribution in [0.1, 0.15) is 19.8 Å². The molecule has 0 amide bonds. The van der Waals surface area contributed by atoms with Crippen LogP contribution < -0.4 is 25.0 Å². The van der Waals surface area contributed by atoms with Gasteiger partial charge in [0.25, 0.3) is 0 Å². The van der Waals surface area contributed by atoms with Gasteiger partial charge in [-0.2, -0.15) is 0 Å². The number of halogens is 2. The van der Waals surface area contributed by atoms with E-state index in [0.717, 1.165) is 0 Å². The molecule has 2 aliphatic heterocycles. The molecule has 0 aromatic carbocycles. The molecule has 2 fully saturated rings. The molecule has 7 nitrogen and oxygen atoms in total. The van der Waals surface area contributed by atoms with Crippen LogP contribution in [0.3, 0.4) is 0 Å². The summed E-state index contributed by atoms with van der Waals surface area (Å²) in [5.74, 6) is -1.44. The van der Waals surface area contributed by atoms with Gasteiger partial charge < -0.3 is 0 Å². The molecule has 9 heteroatoms. The Kier molecular flexibility index (Phi) is 5.45. The van der Waals surface area contributed by atoms with Crippen LogP contribution in [0.25, 0.3) is 0 Å². The molecule has 3 unspecified atom stereocenters. The van der Waals surface area contributed by atoms with E-state index in [1.54, 1.807) is 6.92 Å². The summed E-state index contributed by atoms with van der Waals surface area (Å²) in [5, 5.41) is 0. The Morgan fingerprint density at radius 1 is 1.65 bits per heavy atom. The zero-order chi connectivity index (χ0) is 14.8. The van der Waals surface area contributed by atoms with Crippen LogP contribution in [0.15, 0.2) is 0 Å². The molecule has 1 N–H and O–H groups in total. The summed E-state index contributed by atoms with van der Waals surface area (Å²) in [6.45, 7) is 1.48. The van der Waals surface area contributed by atoms with Crippen molar-refractivity contribution in [2.45, 2.75) is 33.3 Å². The van der Waals surface area contributed by atoms with E-state index in [-0.39, 0.29) is 48.4 Å². The fourth-order valence-corrected chi connectivity index (χ4v) is 4.83. The van der Waals surface area contributed by atoms with Crippen molar-refractivity contribution in [3.05, 3.63) is 0 Å². The Hall–Kier alpha value is -0.170. The van der Waals surface area contributed by atoms with Crippen molar-refractivity contribution in [3.63, 3.8) is 0 Å². The monoisotopic (exact) mass is 510 g/mol. The number of carbonyl (C=O) groups excluding carboxylic acids is 3. The molecule has 2 rings (SSSR count). The number of hydrogen-bond acceptors (Lipinski definition) is 7. The van der Waals surface area contributed by atoms with Crippen LogP contribution in [-0.2, 0) is 28.6 Å². The maximum absolute atomic E-state index is 11.7. The first-order valence-electron chi connectivity index (χ1n) is 5.96. The molecular formula is C11H14I2NO6-. The van der Waals surface area contributed by atoms with Crippen molar-refractivity contribution in [3.8, 4) is 0 Å². The van der Waals surface area contributed by atoms with Crippen molar-refractivity contribution in [2.24, 2.45) is 0 Å². The van der Waals surface area contributed by atoms with Gasteiger partial charge in [0.1, 0.15) is 0 Å². The summed E-state index contributed by atoms with van der Waals surface area (Å²) in [7, 11) is 0. The van der Waals surface area contributed by atoms with Gasteiger partial charge in [0.15, 0.2) is 0 Å². The van der Waals surface area contributed by atoms with Crippen molar-refractivity contribution >= 4 is 40.5 Å². The van der Waals surface area contributed by atoms with Gasteiger partial charge in [-0.1, -0.05) is 0 Å². The van der Waals surface area contributed by atoms with Gasteiger partial charge in [0.05, 0.1) is 0 Å². The number of alkyl halides is 2. The van der Waals surface area contributed by atoms with E-state index in [1.165, 1.54) is 0 Å². The topological polar surface area (TPSA) is 101 Å². The minimum atomic E-state index is -0.869. The average Bonchev–Trinajstić information content (AvgIpc) is 3.18. The molecule has 0 aromatic rings. The molecule has 20 heavy (non-hydrogen) atoms. The number of carbonyl (C=O) groups is 3. The molecule has 0 aromatic heterocycles. The van der Waals surface area contributed by atoms with Gasteiger partial charge in [0.2, 0.25) is 0 Å². The van der Waals surface area contributed by atoms with E-state index in [9.17, 15) is 14.4 Å². The molecule has 114 valence electrons. The fraction of sp³-hybridized carbons (Fsp3) is 0.727. The second-order valence-corrected chi connectivity index (χ2v) is 8.63. The summed E-state index contributed by atoms with van der Waals surface area (Å²) in [5.41, 5.74) is -0.869. The van der Waals surface area contributed by atoms with Crippen LogP contribution in [0.5, 0.6) is 0 Å². The summed E-state index contributed by atoms with van der Waals surface area (Å²) in [4.78, 5) is 34.5. The average molecular weight is 510 g/mol. The van der Waals surface area contributed by atoms with Crippen LogP contribution >= 0.6 is 22.6 Å². The molecule has 0 spiro atoms. The predicted octanol–water partition coefficient (Wildman–Crippen LogP) is -3.09. The summed E-state index contributed by atoms with van der Waals surface area (Å²) >= 11 is 1.92. The molecular weight excluding hydrogens is 496 g/mol. The second-order valence-electron chi connectivity index (χ2n) is 4.70. The molecule has 0 radical (unpaired) electrons. The molecule has 2 aliphatic rings. The van der Waals surface area contributed by atoms with Gasteiger partial charge >= 0.3 is 141 Å². The summed E-state index contributed by atoms with van der Waals surface area (Å²) in [6.07, 6.45) is 0.474. The Morgan fingerprint density at radius 3 is 2.95 bits per heavy atom. The van der Waals surface area contributed by atoms with Crippen LogP contribution in [0.4, 0.5) is 0 Å². The van der Waals surface area contributed by atoms with Crippen LogP contribution in [0.2, 0.25) is 0 Å². The predicted molar refractivity (Wildman–Crippen MR) is 70.4 cm³/mol. The van der Waals surface area contributed by atoms with Gasteiger partial charge in [-0.25, -0.2) is 0 Å². The van der Waals surface area contributed by atoms with Crippen LogP contribution in [-0.4, -0.2) is 44.7 Å². The Balaban J connectivity index is 1.74. The number of nitrogens with one attached hydrogen (secondary N) is 1. The minimum absolute atomic E-state index is 0.0258. The third kappa shape index (κ3) is 4.69. The van der Waals surface area contributed by atoms with E-state index < -0.39 is 24.1 Å². The van der Waals surface area contributed by atoms with Gasteiger partial charge in [-0.15, -0.1) is 0 Å². The maximum atomic E-state index is 11.7. The summed E-state index contributed by atoms with van der Waals surface area (Å²) < 4.78 is 18.0. The first-order chi connectivity index (χ1) is 9.39. The second kappa shape index (κ2) is 6.73. The zero-order valence-corrected chi connectivity index (χ0v) is 15.0. The van der Waals surface area contributed by atoms with Gasteiger partial charge in [0, 0.05) is 0 Å². The van der Waals surface area contributed by atoms with Crippen molar-refractivity contribution in [2.75, 3.05) is 13.2 Å². The Bertz CT molecular complexity index is 427. The number of ether oxygens (including phenoxy) is 3. The van der Waals surface area contributed by atoms with Gasteiger partial charge in [-0.3, -0.25) is 0 Å². The Morgan fingerprint density at radius 2 is 2.35 bits per heavy atom. The molecule has 3 atom stereocenters. The van der Waals surface area contributed by atoms with E-state index >= 15 is 0 Å². The normalized spacial score (nSPS) is 30.5. The van der Waals surface area contributed by atoms with Crippen LogP contribution in [0, 0.1) is 0 Å². The number of esters is 3. The molecule has 0 bridgehead atoms. The third-order valence-corrected chi connectivity index (χ3v) is 7.49. The van der Waals surface area contributed by atoms with Crippen molar-refractivity contribution in [1.29, 1.82) is 0 Å². The molecule has 0 aliphatic carbocycles. The number of rotatable bonds is 5. The first-order valence-corrected chi connectivity index (χ1v) is 9.53. The molecule has 2 heterocycles. The zero-order valence-electron chi connectivity index (χ0n) is 10.7. The quantitative estimate of drug-likeness (QED) is 0.0797. The molecule has 2 saturated heterocycles. The third-order valence-electron chi connectivity index (χ3n) is 2.82. The standard InChI is InChI=1S/C11H14I2NO6/c1-11(2-3-18-6(15)4-11)20-7(16)5-19-10(17)8(12)9-13-14-9/h8-9,14H,2-5H2,1H3/q-1. The first kappa shape index (κ1) is 16.2.